The molecule has 0 unspecified atom stereocenters. The number of esters is 1. The van der Waals surface area contributed by atoms with Gasteiger partial charge < -0.3 is 4.74 Å². The van der Waals surface area contributed by atoms with E-state index in [1.54, 1.807) is 24.3 Å². The standard InChI is InChI=1S/C15H10FN5O2/c16-12-7-11(8-17-9-12)1-6-15(22)23-14-4-2-13(3-5-14)21-10-18-19-20-21/h1-10H/b6-1+. The van der Waals surface area contributed by atoms with Crippen molar-refractivity contribution in [3.8, 4) is 11.4 Å². The first-order chi connectivity index (χ1) is 11.2. The second-order valence-corrected chi connectivity index (χ2v) is 4.44. The highest BCUT2D eigenvalue weighted by Gasteiger charge is 2.03. The van der Waals surface area contributed by atoms with Crippen LogP contribution < -0.4 is 4.74 Å². The Balaban J connectivity index is 1.64. The number of nitrogens with zero attached hydrogens (tertiary/aromatic N) is 5. The number of ether oxygens (including phenoxy) is 1. The summed E-state index contributed by atoms with van der Waals surface area (Å²) in [6, 6.07) is 7.91. The van der Waals surface area contributed by atoms with Crippen LogP contribution in [-0.2, 0) is 4.79 Å². The zero-order chi connectivity index (χ0) is 16.1. The van der Waals surface area contributed by atoms with Gasteiger partial charge in [0.25, 0.3) is 0 Å². The van der Waals surface area contributed by atoms with E-state index >= 15 is 0 Å². The highest BCUT2D eigenvalue weighted by Crippen LogP contribution is 2.14. The predicted molar refractivity (Wildman–Crippen MR) is 78.0 cm³/mol. The molecule has 1 aromatic carbocycles. The molecule has 0 radical (unpaired) electrons. The van der Waals surface area contributed by atoms with E-state index in [4.69, 9.17) is 4.74 Å². The monoisotopic (exact) mass is 311 g/mol. The molecule has 0 saturated heterocycles. The lowest BCUT2D eigenvalue weighted by molar-refractivity contribution is -0.128. The van der Waals surface area contributed by atoms with Crippen molar-refractivity contribution >= 4 is 12.0 Å². The lowest BCUT2D eigenvalue weighted by atomic mass is 10.2. The predicted octanol–water partition coefficient (Wildman–Crippen LogP) is 1.82. The molecule has 23 heavy (non-hydrogen) atoms. The third-order valence-electron chi connectivity index (χ3n) is 2.81. The molecule has 8 heteroatoms. The molecular weight excluding hydrogens is 301 g/mol. The molecular formula is C15H10FN5O2. The number of aromatic nitrogens is 5. The number of hydrogen-bond acceptors (Lipinski definition) is 6. The Bertz CT molecular complexity index is 831. The van der Waals surface area contributed by atoms with Crippen LogP contribution in [0.5, 0.6) is 5.75 Å². The molecule has 0 atom stereocenters. The number of carbonyl (C=O) groups is 1. The maximum Gasteiger partial charge on any atom is 0.336 e. The molecule has 3 aromatic rings. The molecule has 0 saturated carbocycles. The molecule has 2 aromatic heterocycles. The summed E-state index contributed by atoms with van der Waals surface area (Å²) in [5.41, 5.74) is 1.20. The van der Waals surface area contributed by atoms with Crippen LogP contribution in [0.15, 0.2) is 55.1 Å². The number of benzene rings is 1. The molecule has 0 amide bonds. The molecule has 3 rings (SSSR count). The quantitative estimate of drug-likeness (QED) is 0.415. The molecule has 2 heterocycles. The maximum atomic E-state index is 13.0. The van der Waals surface area contributed by atoms with Crippen LogP contribution in [0.3, 0.4) is 0 Å². The normalized spacial score (nSPS) is 10.8. The van der Waals surface area contributed by atoms with E-state index in [9.17, 15) is 9.18 Å². The minimum Gasteiger partial charge on any atom is -0.423 e. The number of hydrogen-bond donors (Lipinski definition) is 0. The van der Waals surface area contributed by atoms with Crippen LogP contribution in [0.1, 0.15) is 5.56 Å². The van der Waals surface area contributed by atoms with Crippen molar-refractivity contribution in [2.75, 3.05) is 0 Å². The molecule has 0 aliphatic rings. The van der Waals surface area contributed by atoms with Crippen molar-refractivity contribution in [2.24, 2.45) is 0 Å². The lowest BCUT2D eigenvalue weighted by Crippen LogP contribution is -2.04. The zero-order valence-electron chi connectivity index (χ0n) is 11.7. The van der Waals surface area contributed by atoms with Crippen molar-refractivity contribution < 1.29 is 13.9 Å². The van der Waals surface area contributed by atoms with Crippen LogP contribution in [0.4, 0.5) is 4.39 Å². The average molecular weight is 311 g/mol. The topological polar surface area (TPSA) is 82.8 Å². The van der Waals surface area contributed by atoms with E-state index < -0.39 is 11.8 Å². The van der Waals surface area contributed by atoms with Crippen LogP contribution >= 0.6 is 0 Å². The average Bonchev–Trinajstić information content (AvgIpc) is 3.08. The minimum atomic E-state index is -0.579. The Morgan fingerprint density at radius 3 is 2.74 bits per heavy atom. The fourth-order valence-corrected chi connectivity index (χ4v) is 1.78. The summed E-state index contributed by atoms with van der Waals surface area (Å²) in [7, 11) is 0. The Morgan fingerprint density at radius 2 is 2.04 bits per heavy atom. The molecule has 0 N–H and O–H groups in total. The number of halogens is 1. The fraction of sp³-hybridized carbons (Fsp3) is 0. The fourth-order valence-electron chi connectivity index (χ4n) is 1.78. The first-order valence-corrected chi connectivity index (χ1v) is 6.54. The molecule has 0 bridgehead atoms. The maximum absolute atomic E-state index is 13.0. The van der Waals surface area contributed by atoms with Crippen molar-refractivity contribution in [3.05, 3.63) is 66.5 Å². The van der Waals surface area contributed by atoms with E-state index in [2.05, 4.69) is 20.5 Å². The Labute approximate surface area is 130 Å². The van der Waals surface area contributed by atoms with Gasteiger partial charge in [-0.15, -0.1) is 5.10 Å². The number of carbonyl (C=O) groups excluding carboxylic acids is 1. The third kappa shape index (κ3) is 3.82. The van der Waals surface area contributed by atoms with Crippen molar-refractivity contribution in [3.63, 3.8) is 0 Å². The van der Waals surface area contributed by atoms with Gasteiger partial charge >= 0.3 is 5.97 Å². The first kappa shape index (κ1) is 14.5. The van der Waals surface area contributed by atoms with Crippen LogP contribution in [-0.4, -0.2) is 31.2 Å². The summed E-state index contributed by atoms with van der Waals surface area (Å²) in [5, 5.41) is 10.8. The molecule has 7 nitrogen and oxygen atoms in total. The van der Waals surface area contributed by atoms with Crippen molar-refractivity contribution in [1.82, 2.24) is 25.2 Å². The molecule has 114 valence electrons. The summed E-state index contributed by atoms with van der Waals surface area (Å²) >= 11 is 0. The van der Waals surface area contributed by atoms with Gasteiger partial charge in [-0.1, -0.05) is 0 Å². The Morgan fingerprint density at radius 1 is 1.22 bits per heavy atom. The molecule has 0 fully saturated rings. The van der Waals surface area contributed by atoms with Crippen LogP contribution in [0.25, 0.3) is 11.8 Å². The second kappa shape index (κ2) is 6.56. The van der Waals surface area contributed by atoms with Gasteiger partial charge in [-0.2, -0.15) is 0 Å². The van der Waals surface area contributed by atoms with E-state index in [1.165, 1.54) is 35.4 Å². The van der Waals surface area contributed by atoms with Gasteiger partial charge in [-0.25, -0.2) is 13.9 Å². The molecule has 0 aliphatic heterocycles. The first-order valence-electron chi connectivity index (χ1n) is 6.54. The SMILES string of the molecule is O=C(/C=C/c1cncc(F)c1)Oc1ccc(-n2cnnn2)cc1. The largest absolute Gasteiger partial charge is 0.423 e. The Kier molecular flexibility index (Phi) is 4.14. The summed E-state index contributed by atoms with van der Waals surface area (Å²) in [4.78, 5) is 15.4. The van der Waals surface area contributed by atoms with Crippen LogP contribution in [0, 0.1) is 5.82 Å². The lowest BCUT2D eigenvalue weighted by Gasteiger charge is -2.03. The van der Waals surface area contributed by atoms with Gasteiger partial charge in [0.15, 0.2) is 0 Å². The minimum absolute atomic E-state index is 0.369. The van der Waals surface area contributed by atoms with Gasteiger partial charge in [0.05, 0.1) is 11.9 Å². The highest BCUT2D eigenvalue weighted by molar-refractivity contribution is 5.88. The van der Waals surface area contributed by atoms with E-state index in [1.807, 2.05) is 0 Å². The van der Waals surface area contributed by atoms with E-state index in [0.717, 1.165) is 11.9 Å². The summed E-state index contributed by atoms with van der Waals surface area (Å²) in [6.45, 7) is 0. The third-order valence-corrected chi connectivity index (χ3v) is 2.81. The Hall–Kier alpha value is -3.42. The summed E-state index contributed by atoms with van der Waals surface area (Å²) in [6.07, 6.45) is 6.60. The van der Waals surface area contributed by atoms with E-state index in [-0.39, 0.29) is 0 Å². The molecule has 0 aliphatic carbocycles. The van der Waals surface area contributed by atoms with Crippen molar-refractivity contribution in [2.45, 2.75) is 0 Å². The number of rotatable bonds is 4. The van der Waals surface area contributed by atoms with E-state index in [0.29, 0.717) is 11.3 Å². The van der Waals surface area contributed by atoms with Gasteiger partial charge in [0.2, 0.25) is 0 Å². The smallest absolute Gasteiger partial charge is 0.336 e. The highest BCUT2D eigenvalue weighted by atomic mass is 19.1. The van der Waals surface area contributed by atoms with Gasteiger partial charge in [-0.05, 0) is 52.4 Å². The zero-order valence-corrected chi connectivity index (χ0v) is 11.7. The summed E-state index contributed by atoms with van der Waals surface area (Å²) < 4.78 is 19.6. The number of pyridine rings is 1. The van der Waals surface area contributed by atoms with Gasteiger partial charge in [-0.3, -0.25) is 4.98 Å². The summed E-state index contributed by atoms with van der Waals surface area (Å²) in [5.74, 6) is -0.683. The van der Waals surface area contributed by atoms with Crippen molar-refractivity contribution in [1.29, 1.82) is 0 Å². The molecule has 0 spiro atoms. The van der Waals surface area contributed by atoms with Gasteiger partial charge in [0.1, 0.15) is 17.9 Å². The van der Waals surface area contributed by atoms with Crippen LogP contribution in [0.2, 0.25) is 0 Å². The number of tetrazole rings is 1. The van der Waals surface area contributed by atoms with Gasteiger partial charge in [0, 0.05) is 12.3 Å². The second-order valence-electron chi connectivity index (χ2n) is 4.44.